The van der Waals surface area contributed by atoms with Gasteiger partial charge in [-0.25, -0.2) is 0 Å². The van der Waals surface area contributed by atoms with E-state index in [0.717, 1.165) is 39.1 Å². The summed E-state index contributed by atoms with van der Waals surface area (Å²) >= 11 is 1.93. The van der Waals surface area contributed by atoms with Crippen molar-refractivity contribution in [2.75, 3.05) is 32.7 Å². The molecule has 1 N–H and O–H groups in total. The largest absolute Gasteiger partial charge is 0.355 e. The normalized spacial score (nSPS) is 21.8. The number of rotatable bonds is 8. The molecule has 1 aromatic heterocycles. The van der Waals surface area contributed by atoms with Crippen LogP contribution >= 0.6 is 11.3 Å². The molecule has 0 bridgehead atoms. The van der Waals surface area contributed by atoms with Gasteiger partial charge >= 0.3 is 0 Å². The van der Waals surface area contributed by atoms with Gasteiger partial charge in [-0.05, 0) is 81.7 Å². The van der Waals surface area contributed by atoms with Gasteiger partial charge in [0, 0.05) is 35.1 Å². The molecule has 5 heteroatoms. The minimum absolute atomic E-state index is 0.251. The van der Waals surface area contributed by atoms with Crippen LogP contribution in [0.2, 0.25) is 0 Å². The molecule has 1 atom stereocenters. The summed E-state index contributed by atoms with van der Waals surface area (Å²) in [6.45, 7) is 8.73. The highest BCUT2D eigenvalue weighted by atomic mass is 32.1. The number of hydrogen-bond donors (Lipinski definition) is 1. The third-order valence-corrected chi connectivity index (χ3v) is 7.88. The van der Waals surface area contributed by atoms with Crippen LogP contribution in [0.5, 0.6) is 0 Å². The zero-order chi connectivity index (χ0) is 20.1. The molecule has 2 aliphatic heterocycles. The van der Waals surface area contributed by atoms with Crippen LogP contribution < -0.4 is 5.32 Å². The zero-order valence-electron chi connectivity index (χ0n) is 17.7. The second-order valence-corrected chi connectivity index (χ2v) is 9.91. The van der Waals surface area contributed by atoms with Gasteiger partial charge in [-0.15, -0.1) is 11.3 Å². The molecular formula is C24H35N3OS. The van der Waals surface area contributed by atoms with Gasteiger partial charge in [0.15, 0.2) is 0 Å². The Kier molecular flexibility index (Phi) is 7.22. The number of carbonyl (C=O) groups excluding carboxylic acids is 1. The smallest absolute Gasteiger partial charge is 0.220 e. The van der Waals surface area contributed by atoms with Crippen molar-refractivity contribution in [2.45, 2.75) is 58.0 Å². The van der Waals surface area contributed by atoms with Crippen LogP contribution in [0.1, 0.15) is 50.3 Å². The van der Waals surface area contributed by atoms with Gasteiger partial charge in [0.05, 0.1) is 0 Å². The molecule has 0 aliphatic carbocycles. The number of hydrogen-bond acceptors (Lipinski definition) is 4. The summed E-state index contributed by atoms with van der Waals surface area (Å²) in [5.41, 5.74) is 0. The summed E-state index contributed by atoms with van der Waals surface area (Å²) in [5.74, 6) is 0.957. The van der Waals surface area contributed by atoms with Crippen LogP contribution in [0.3, 0.4) is 0 Å². The maximum atomic E-state index is 12.3. The Morgan fingerprint density at radius 2 is 2.00 bits per heavy atom. The van der Waals surface area contributed by atoms with Crippen LogP contribution in [-0.4, -0.2) is 54.5 Å². The Morgan fingerprint density at radius 3 is 2.79 bits per heavy atom. The monoisotopic (exact) mass is 413 g/mol. The van der Waals surface area contributed by atoms with Crippen molar-refractivity contribution in [3.63, 3.8) is 0 Å². The number of benzene rings is 1. The quantitative estimate of drug-likeness (QED) is 0.692. The fourth-order valence-electron chi connectivity index (χ4n) is 4.97. The molecule has 29 heavy (non-hydrogen) atoms. The van der Waals surface area contributed by atoms with E-state index >= 15 is 0 Å². The van der Waals surface area contributed by atoms with E-state index in [4.69, 9.17) is 0 Å². The van der Waals surface area contributed by atoms with E-state index in [-0.39, 0.29) is 5.91 Å². The Labute approximate surface area is 179 Å². The number of likely N-dealkylation sites (N-methyl/N-ethyl adjacent to an activating group) is 1. The summed E-state index contributed by atoms with van der Waals surface area (Å²) in [7, 11) is 0. The van der Waals surface area contributed by atoms with E-state index in [9.17, 15) is 4.79 Å². The number of nitrogens with zero attached hydrogens (tertiary/aromatic N) is 2. The Balaban J connectivity index is 1.14. The summed E-state index contributed by atoms with van der Waals surface area (Å²) in [6.07, 6.45) is 6.69. The van der Waals surface area contributed by atoms with Crippen LogP contribution in [0.4, 0.5) is 0 Å². The van der Waals surface area contributed by atoms with Crippen molar-refractivity contribution in [3.8, 4) is 0 Å². The molecule has 1 amide bonds. The van der Waals surface area contributed by atoms with Crippen molar-refractivity contribution in [1.29, 1.82) is 0 Å². The van der Waals surface area contributed by atoms with Crippen LogP contribution in [-0.2, 0) is 11.3 Å². The average Bonchev–Trinajstić information content (AvgIpc) is 3.37. The van der Waals surface area contributed by atoms with Crippen molar-refractivity contribution in [2.24, 2.45) is 5.92 Å². The lowest BCUT2D eigenvalue weighted by Gasteiger charge is -2.31. The first-order chi connectivity index (χ1) is 14.2. The molecule has 1 unspecified atom stereocenters. The molecule has 4 nitrogen and oxygen atoms in total. The van der Waals surface area contributed by atoms with E-state index in [1.54, 1.807) is 0 Å². The number of piperidine rings is 1. The van der Waals surface area contributed by atoms with Gasteiger partial charge in [-0.2, -0.15) is 0 Å². The van der Waals surface area contributed by atoms with E-state index in [2.05, 4.69) is 52.4 Å². The maximum absolute atomic E-state index is 12.3. The van der Waals surface area contributed by atoms with Gasteiger partial charge in [0.1, 0.15) is 0 Å². The van der Waals surface area contributed by atoms with E-state index < -0.39 is 0 Å². The van der Waals surface area contributed by atoms with Crippen molar-refractivity contribution in [3.05, 3.63) is 35.2 Å². The molecular weight excluding hydrogens is 378 g/mol. The van der Waals surface area contributed by atoms with Gasteiger partial charge in [-0.3, -0.25) is 14.6 Å². The lowest BCUT2D eigenvalue weighted by Crippen LogP contribution is -2.40. The second kappa shape index (κ2) is 10.1. The molecule has 2 fully saturated rings. The van der Waals surface area contributed by atoms with Gasteiger partial charge in [-0.1, -0.05) is 25.1 Å². The molecule has 158 valence electrons. The van der Waals surface area contributed by atoms with Crippen LogP contribution in [0.15, 0.2) is 30.3 Å². The summed E-state index contributed by atoms with van der Waals surface area (Å²) in [6, 6.07) is 11.6. The molecule has 0 saturated carbocycles. The molecule has 2 aromatic rings. The molecule has 0 radical (unpaired) electrons. The summed E-state index contributed by atoms with van der Waals surface area (Å²) < 4.78 is 1.39. The maximum Gasteiger partial charge on any atom is 0.220 e. The number of fused-ring (bicyclic) bond motifs is 1. The average molecular weight is 414 g/mol. The first-order valence-corrected chi connectivity index (χ1v) is 12.2. The minimum atomic E-state index is 0.251. The van der Waals surface area contributed by atoms with E-state index in [0.29, 0.717) is 18.4 Å². The first-order valence-electron chi connectivity index (χ1n) is 11.4. The fraction of sp³-hybridized carbons (Fsp3) is 0.625. The Morgan fingerprint density at radius 1 is 1.17 bits per heavy atom. The molecule has 3 heterocycles. The highest BCUT2D eigenvalue weighted by Crippen LogP contribution is 2.28. The Bertz CT molecular complexity index is 763. The minimum Gasteiger partial charge on any atom is -0.355 e. The highest BCUT2D eigenvalue weighted by Gasteiger charge is 2.24. The summed E-state index contributed by atoms with van der Waals surface area (Å²) in [5, 5.41) is 4.56. The van der Waals surface area contributed by atoms with E-state index in [1.165, 1.54) is 47.2 Å². The lowest BCUT2D eigenvalue weighted by molar-refractivity contribution is -0.121. The number of amides is 1. The second-order valence-electron chi connectivity index (χ2n) is 8.74. The molecule has 1 aromatic carbocycles. The number of likely N-dealkylation sites (tertiary alicyclic amines) is 2. The predicted octanol–water partition coefficient (Wildman–Crippen LogP) is 4.49. The third-order valence-electron chi connectivity index (χ3n) is 6.78. The van der Waals surface area contributed by atoms with E-state index in [1.807, 2.05) is 11.3 Å². The van der Waals surface area contributed by atoms with Gasteiger partial charge in [0.2, 0.25) is 5.91 Å². The fourth-order valence-corrected chi connectivity index (χ4v) is 6.07. The van der Waals surface area contributed by atoms with Crippen LogP contribution in [0, 0.1) is 5.92 Å². The van der Waals surface area contributed by atoms with Crippen molar-refractivity contribution >= 4 is 27.3 Å². The molecule has 0 spiro atoms. The standard InChI is InChI=1S/C24H35N3OS/c1-2-27-13-5-7-21(27)17-25-24(28)10-9-19-11-14-26(15-12-19)18-22-16-20-6-3-4-8-23(20)29-22/h3-4,6,8,16,19,21H,2,5,7,9-15,17-18H2,1H3,(H,25,28). The molecule has 2 aliphatic rings. The topological polar surface area (TPSA) is 35.6 Å². The van der Waals surface area contributed by atoms with Gasteiger partial charge < -0.3 is 5.32 Å². The molecule has 2 saturated heterocycles. The highest BCUT2D eigenvalue weighted by molar-refractivity contribution is 7.19. The molecule has 4 rings (SSSR count). The zero-order valence-corrected chi connectivity index (χ0v) is 18.6. The third kappa shape index (κ3) is 5.59. The summed E-state index contributed by atoms with van der Waals surface area (Å²) in [4.78, 5) is 18.8. The SMILES string of the molecule is CCN1CCCC1CNC(=O)CCC1CCN(Cc2cc3ccccc3s2)CC1. The number of nitrogens with one attached hydrogen (secondary N) is 1. The number of thiophene rings is 1. The van der Waals surface area contributed by atoms with Crippen molar-refractivity contribution in [1.82, 2.24) is 15.1 Å². The Hall–Kier alpha value is -1.43. The first kappa shape index (κ1) is 20.8. The number of carbonyl (C=O) groups is 1. The van der Waals surface area contributed by atoms with Gasteiger partial charge in [0.25, 0.3) is 0 Å². The lowest BCUT2D eigenvalue weighted by atomic mass is 9.92. The van der Waals surface area contributed by atoms with Crippen LogP contribution in [0.25, 0.3) is 10.1 Å². The van der Waals surface area contributed by atoms with Crippen molar-refractivity contribution < 1.29 is 4.79 Å². The predicted molar refractivity (Wildman–Crippen MR) is 122 cm³/mol.